The van der Waals surface area contributed by atoms with E-state index in [0.717, 1.165) is 32.4 Å². The molecule has 0 spiro atoms. The van der Waals surface area contributed by atoms with Gasteiger partial charge in [0.25, 0.3) is 0 Å². The second-order valence-corrected chi connectivity index (χ2v) is 4.70. The van der Waals surface area contributed by atoms with E-state index < -0.39 is 5.97 Å². The standard InChI is InChI=1S/C13H23NO4/c1-2-18-10-7-12(15)14-8-5-11(6-9-14)3-4-13(16)17/h11H,2-10H2,1H3,(H,16,17). The number of nitrogens with zero attached hydrogens (tertiary/aromatic N) is 1. The number of likely N-dealkylation sites (tertiary alicyclic amines) is 1. The highest BCUT2D eigenvalue weighted by Gasteiger charge is 2.22. The minimum atomic E-state index is -0.731. The summed E-state index contributed by atoms with van der Waals surface area (Å²) in [6, 6.07) is 0. The summed E-state index contributed by atoms with van der Waals surface area (Å²) in [6.07, 6.45) is 3.27. The van der Waals surface area contributed by atoms with Gasteiger partial charge in [-0.1, -0.05) is 0 Å². The van der Waals surface area contributed by atoms with Crippen LogP contribution in [-0.4, -0.2) is 48.2 Å². The van der Waals surface area contributed by atoms with Crippen molar-refractivity contribution in [2.24, 2.45) is 5.92 Å². The molecular formula is C13H23NO4. The molecule has 5 nitrogen and oxygen atoms in total. The molecular weight excluding hydrogens is 234 g/mol. The van der Waals surface area contributed by atoms with Crippen LogP contribution in [-0.2, 0) is 14.3 Å². The van der Waals surface area contributed by atoms with Crippen LogP contribution >= 0.6 is 0 Å². The minimum Gasteiger partial charge on any atom is -0.481 e. The van der Waals surface area contributed by atoms with Crippen LogP contribution in [0.3, 0.4) is 0 Å². The lowest BCUT2D eigenvalue weighted by molar-refractivity contribution is -0.138. The molecule has 1 amide bonds. The third-order valence-electron chi connectivity index (χ3n) is 3.40. The summed E-state index contributed by atoms with van der Waals surface area (Å²) >= 11 is 0. The van der Waals surface area contributed by atoms with Crippen LogP contribution in [0.5, 0.6) is 0 Å². The molecule has 0 unspecified atom stereocenters. The summed E-state index contributed by atoms with van der Waals surface area (Å²) < 4.78 is 5.17. The smallest absolute Gasteiger partial charge is 0.303 e. The van der Waals surface area contributed by atoms with Crippen LogP contribution in [0.4, 0.5) is 0 Å². The molecule has 0 bridgehead atoms. The number of hydrogen-bond donors (Lipinski definition) is 1. The Labute approximate surface area is 108 Å². The van der Waals surface area contributed by atoms with Crippen LogP contribution in [0.15, 0.2) is 0 Å². The molecule has 18 heavy (non-hydrogen) atoms. The number of carbonyl (C=O) groups excluding carboxylic acids is 1. The molecule has 0 aromatic carbocycles. The van der Waals surface area contributed by atoms with Crippen molar-refractivity contribution in [2.75, 3.05) is 26.3 Å². The Morgan fingerprint density at radius 2 is 1.94 bits per heavy atom. The summed E-state index contributed by atoms with van der Waals surface area (Å²) in [4.78, 5) is 24.2. The average molecular weight is 257 g/mol. The number of amides is 1. The second-order valence-electron chi connectivity index (χ2n) is 4.70. The summed E-state index contributed by atoms with van der Waals surface area (Å²) in [5.41, 5.74) is 0. The fraction of sp³-hybridized carbons (Fsp3) is 0.846. The van der Waals surface area contributed by atoms with Gasteiger partial charge in [0.05, 0.1) is 13.0 Å². The number of aliphatic carboxylic acids is 1. The number of carbonyl (C=O) groups is 2. The van der Waals surface area contributed by atoms with Gasteiger partial charge in [0, 0.05) is 26.1 Å². The quantitative estimate of drug-likeness (QED) is 0.702. The zero-order chi connectivity index (χ0) is 13.4. The fourth-order valence-electron chi connectivity index (χ4n) is 2.26. The number of piperidine rings is 1. The molecule has 1 fully saturated rings. The first-order valence-corrected chi connectivity index (χ1v) is 6.70. The van der Waals surface area contributed by atoms with Crippen molar-refractivity contribution in [3.8, 4) is 0 Å². The van der Waals surface area contributed by atoms with E-state index in [2.05, 4.69) is 0 Å². The predicted octanol–water partition coefficient (Wildman–Crippen LogP) is 1.52. The molecule has 0 aromatic heterocycles. The van der Waals surface area contributed by atoms with E-state index in [9.17, 15) is 9.59 Å². The maximum absolute atomic E-state index is 11.8. The van der Waals surface area contributed by atoms with Gasteiger partial charge in [0.2, 0.25) is 5.91 Å². The molecule has 5 heteroatoms. The van der Waals surface area contributed by atoms with Crippen LogP contribution in [0, 0.1) is 5.92 Å². The van der Waals surface area contributed by atoms with Crippen molar-refractivity contribution in [2.45, 2.75) is 39.0 Å². The molecule has 0 atom stereocenters. The summed E-state index contributed by atoms with van der Waals surface area (Å²) in [7, 11) is 0. The third kappa shape index (κ3) is 5.49. The van der Waals surface area contributed by atoms with Crippen molar-refractivity contribution < 1.29 is 19.4 Å². The lowest BCUT2D eigenvalue weighted by Gasteiger charge is -2.31. The molecule has 0 saturated carbocycles. The van der Waals surface area contributed by atoms with Gasteiger partial charge in [0.1, 0.15) is 0 Å². The molecule has 1 rings (SSSR count). The van der Waals surface area contributed by atoms with Crippen LogP contribution < -0.4 is 0 Å². The van der Waals surface area contributed by atoms with Crippen molar-refractivity contribution in [1.82, 2.24) is 4.90 Å². The number of rotatable bonds is 7. The predicted molar refractivity (Wildman–Crippen MR) is 67.3 cm³/mol. The Balaban J connectivity index is 2.17. The summed E-state index contributed by atoms with van der Waals surface area (Å²) in [6.45, 7) is 4.57. The molecule has 104 valence electrons. The maximum Gasteiger partial charge on any atom is 0.303 e. The first-order chi connectivity index (χ1) is 8.63. The van der Waals surface area contributed by atoms with Gasteiger partial charge in [0.15, 0.2) is 0 Å². The van der Waals surface area contributed by atoms with E-state index in [1.54, 1.807) is 0 Å². The SMILES string of the molecule is CCOCCC(=O)N1CCC(CCC(=O)O)CC1. The lowest BCUT2D eigenvalue weighted by atomic mass is 9.92. The Kier molecular flexibility index (Phi) is 6.72. The van der Waals surface area contributed by atoms with Gasteiger partial charge in [-0.25, -0.2) is 0 Å². The third-order valence-corrected chi connectivity index (χ3v) is 3.40. The minimum absolute atomic E-state index is 0.153. The molecule has 0 aromatic rings. The van der Waals surface area contributed by atoms with Crippen LogP contribution in [0.2, 0.25) is 0 Å². The maximum atomic E-state index is 11.8. The topological polar surface area (TPSA) is 66.8 Å². The highest BCUT2D eigenvalue weighted by atomic mass is 16.5. The van der Waals surface area contributed by atoms with Gasteiger partial charge >= 0.3 is 5.97 Å². The van der Waals surface area contributed by atoms with E-state index in [1.807, 2.05) is 11.8 Å². The molecule has 1 aliphatic heterocycles. The molecule has 1 heterocycles. The van der Waals surface area contributed by atoms with E-state index >= 15 is 0 Å². The number of carboxylic acids is 1. The van der Waals surface area contributed by atoms with Crippen LogP contribution in [0.1, 0.15) is 39.0 Å². The highest BCUT2D eigenvalue weighted by molar-refractivity contribution is 5.76. The zero-order valence-corrected chi connectivity index (χ0v) is 11.1. The fourth-order valence-corrected chi connectivity index (χ4v) is 2.26. The van der Waals surface area contributed by atoms with Gasteiger partial charge in [-0.05, 0) is 32.1 Å². The molecule has 0 aliphatic carbocycles. The van der Waals surface area contributed by atoms with E-state index in [1.165, 1.54) is 0 Å². The Morgan fingerprint density at radius 1 is 1.28 bits per heavy atom. The lowest BCUT2D eigenvalue weighted by Crippen LogP contribution is -2.38. The van der Waals surface area contributed by atoms with Gasteiger partial charge < -0.3 is 14.7 Å². The number of ether oxygens (including phenoxy) is 1. The van der Waals surface area contributed by atoms with E-state index in [4.69, 9.17) is 9.84 Å². The van der Waals surface area contributed by atoms with Gasteiger partial charge in [-0.2, -0.15) is 0 Å². The first-order valence-electron chi connectivity index (χ1n) is 6.70. The molecule has 1 N–H and O–H groups in total. The van der Waals surface area contributed by atoms with Crippen molar-refractivity contribution in [1.29, 1.82) is 0 Å². The van der Waals surface area contributed by atoms with Gasteiger partial charge in [-0.15, -0.1) is 0 Å². The van der Waals surface area contributed by atoms with E-state index in [0.29, 0.717) is 25.6 Å². The van der Waals surface area contributed by atoms with E-state index in [-0.39, 0.29) is 12.3 Å². The largest absolute Gasteiger partial charge is 0.481 e. The zero-order valence-electron chi connectivity index (χ0n) is 11.1. The summed E-state index contributed by atoms with van der Waals surface area (Å²) in [5, 5.41) is 8.63. The second kappa shape index (κ2) is 8.08. The van der Waals surface area contributed by atoms with Crippen molar-refractivity contribution >= 4 is 11.9 Å². The van der Waals surface area contributed by atoms with Crippen LogP contribution in [0.25, 0.3) is 0 Å². The first kappa shape index (κ1) is 15.0. The van der Waals surface area contributed by atoms with Gasteiger partial charge in [-0.3, -0.25) is 9.59 Å². The van der Waals surface area contributed by atoms with Crippen molar-refractivity contribution in [3.63, 3.8) is 0 Å². The highest BCUT2D eigenvalue weighted by Crippen LogP contribution is 2.22. The number of hydrogen-bond acceptors (Lipinski definition) is 3. The normalized spacial score (nSPS) is 16.8. The number of carboxylic acid groups (broad SMARTS) is 1. The molecule has 1 saturated heterocycles. The Bertz CT molecular complexity index is 272. The van der Waals surface area contributed by atoms with Crippen molar-refractivity contribution in [3.05, 3.63) is 0 Å². The Hall–Kier alpha value is -1.10. The Morgan fingerprint density at radius 3 is 2.50 bits per heavy atom. The molecule has 1 aliphatic rings. The average Bonchev–Trinajstić information content (AvgIpc) is 2.37. The summed E-state index contributed by atoms with van der Waals surface area (Å²) in [5.74, 6) is -0.123. The molecule has 0 radical (unpaired) electrons. The monoisotopic (exact) mass is 257 g/mol.